The van der Waals surface area contributed by atoms with E-state index < -0.39 is 0 Å². The highest BCUT2D eigenvalue weighted by atomic mass is 127. The topological polar surface area (TPSA) is 49.8 Å². The van der Waals surface area contributed by atoms with Crippen LogP contribution in [0.25, 0.3) is 11.0 Å². The van der Waals surface area contributed by atoms with Crippen molar-refractivity contribution in [3.05, 3.63) is 26.5 Å². The molecule has 0 saturated heterocycles. The Balaban J connectivity index is 2.08. The molecule has 0 spiro atoms. The zero-order valence-electron chi connectivity index (χ0n) is 11.6. The average Bonchev–Trinajstić information content (AvgIpc) is 2.68. The maximum atomic E-state index is 11.8. The van der Waals surface area contributed by atoms with Gasteiger partial charge in [-0.3, -0.25) is 4.79 Å². The molecule has 0 saturated carbocycles. The molecule has 1 aromatic heterocycles. The molecule has 0 unspecified atom stereocenters. The van der Waals surface area contributed by atoms with Crippen molar-refractivity contribution < 1.29 is 4.79 Å². The number of carbonyl (C=O) groups excluding carboxylic acids is 1. The van der Waals surface area contributed by atoms with E-state index in [1.165, 1.54) is 0 Å². The number of imidazole rings is 1. The van der Waals surface area contributed by atoms with Crippen LogP contribution in [0.15, 0.2) is 18.2 Å². The summed E-state index contributed by atoms with van der Waals surface area (Å²) in [5.74, 6) is 0.539. The molecule has 0 fully saturated rings. The van der Waals surface area contributed by atoms with Crippen LogP contribution in [0.5, 0.6) is 0 Å². The number of hydrogen-bond donors (Lipinski definition) is 2. The van der Waals surface area contributed by atoms with Gasteiger partial charge in [-0.25, -0.2) is 0 Å². The predicted molar refractivity (Wildman–Crippen MR) is 92.3 cm³/mol. The Morgan fingerprint density at radius 1 is 1.50 bits per heavy atom. The minimum absolute atomic E-state index is 0.0699. The van der Waals surface area contributed by atoms with Crippen LogP contribution < -0.4 is 5.32 Å². The third-order valence-corrected chi connectivity index (χ3v) is 4.00. The predicted octanol–water partition coefficient (Wildman–Crippen LogP) is 3.47. The van der Waals surface area contributed by atoms with Crippen LogP contribution in [0, 0.1) is 14.3 Å². The molecule has 20 heavy (non-hydrogen) atoms. The van der Waals surface area contributed by atoms with Crippen LogP contribution >= 0.6 is 34.8 Å². The summed E-state index contributed by atoms with van der Waals surface area (Å²) in [5.41, 5.74) is 2.07. The Labute approximate surface area is 137 Å². The van der Waals surface area contributed by atoms with E-state index in [1.807, 2.05) is 16.7 Å². The molecular formula is C14H18IN3OS. The van der Waals surface area contributed by atoms with Gasteiger partial charge in [0.05, 0.1) is 11.0 Å². The molecule has 0 bridgehead atoms. The van der Waals surface area contributed by atoms with Crippen molar-refractivity contribution in [2.45, 2.75) is 26.8 Å². The molecule has 2 aromatic rings. The summed E-state index contributed by atoms with van der Waals surface area (Å²) in [5, 5.41) is 2.92. The molecule has 4 nitrogen and oxygen atoms in total. The monoisotopic (exact) mass is 403 g/mol. The van der Waals surface area contributed by atoms with Crippen LogP contribution in [-0.2, 0) is 11.3 Å². The zero-order chi connectivity index (χ0) is 14.7. The maximum Gasteiger partial charge on any atom is 0.221 e. The van der Waals surface area contributed by atoms with E-state index in [1.54, 1.807) is 0 Å². The first-order valence-corrected chi connectivity index (χ1v) is 8.11. The van der Waals surface area contributed by atoms with Crippen molar-refractivity contribution in [2.75, 3.05) is 6.54 Å². The number of aromatic nitrogens is 2. The van der Waals surface area contributed by atoms with E-state index in [0.717, 1.165) is 21.1 Å². The SMILES string of the molecule is CC(C)CNC(=O)CCn1c(=S)[nH]c2cc(I)ccc21. The van der Waals surface area contributed by atoms with Crippen LogP contribution in [0.1, 0.15) is 20.3 Å². The second-order valence-corrected chi connectivity index (χ2v) is 6.82. The van der Waals surface area contributed by atoms with E-state index >= 15 is 0 Å². The normalized spacial score (nSPS) is 11.2. The lowest BCUT2D eigenvalue weighted by atomic mass is 10.2. The standard InChI is InChI=1S/C14H18IN3OS/c1-9(2)8-16-13(19)5-6-18-12-4-3-10(15)7-11(12)17-14(18)20/h3-4,7,9H,5-6,8H2,1-2H3,(H,16,19)(H,17,20). The first-order chi connectivity index (χ1) is 9.47. The Bertz CT molecular complexity index is 675. The zero-order valence-corrected chi connectivity index (χ0v) is 14.5. The van der Waals surface area contributed by atoms with Crippen LogP contribution in [0.4, 0.5) is 0 Å². The summed E-state index contributed by atoms with van der Waals surface area (Å²) in [6.07, 6.45) is 0.444. The molecule has 1 heterocycles. The molecule has 1 aromatic carbocycles. The summed E-state index contributed by atoms with van der Waals surface area (Å²) in [6, 6.07) is 6.14. The summed E-state index contributed by atoms with van der Waals surface area (Å²) in [7, 11) is 0. The summed E-state index contributed by atoms with van der Waals surface area (Å²) >= 11 is 7.60. The van der Waals surface area contributed by atoms with Crippen molar-refractivity contribution in [1.82, 2.24) is 14.9 Å². The number of aryl methyl sites for hydroxylation is 1. The molecule has 1 amide bonds. The van der Waals surface area contributed by atoms with Gasteiger partial charge < -0.3 is 14.9 Å². The molecule has 2 N–H and O–H groups in total. The number of nitrogens with one attached hydrogen (secondary N) is 2. The highest BCUT2D eigenvalue weighted by Crippen LogP contribution is 2.17. The Kier molecular flexibility index (Phi) is 5.20. The second-order valence-electron chi connectivity index (χ2n) is 5.19. The van der Waals surface area contributed by atoms with E-state index in [2.05, 4.69) is 52.8 Å². The molecule has 0 aliphatic rings. The van der Waals surface area contributed by atoms with Gasteiger partial charge in [0.1, 0.15) is 0 Å². The fourth-order valence-corrected chi connectivity index (χ4v) is 2.77. The Hall–Kier alpha value is -0.890. The lowest BCUT2D eigenvalue weighted by Crippen LogP contribution is -2.28. The third kappa shape index (κ3) is 3.82. The molecule has 0 radical (unpaired) electrons. The van der Waals surface area contributed by atoms with Gasteiger partial charge >= 0.3 is 0 Å². The molecule has 2 rings (SSSR count). The van der Waals surface area contributed by atoms with Gasteiger partial charge in [0.25, 0.3) is 0 Å². The first kappa shape index (κ1) is 15.5. The van der Waals surface area contributed by atoms with E-state index in [9.17, 15) is 4.79 Å². The van der Waals surface area contributed by atoms with Crippen molar-refractivity contribution in [3.63, 3.8) is 0 Å². The third-order valence-electron chi connectivity index (χ3n) is 3.01. The van der Waals surface area contributed by atoms with Gasteiger partial charge in [0.15, 0.2) is 4.77 Å². The molecule has 6 heteroatoms. The van der Waals surface area contributed by atoms with E-state index in [-0.39, 0.29) is 5.91 Å². The number of amides is 1. The molecule has 108 valence electrons. The minimum Gasteiger partial charge on any atom is -0.356 e. The number of fused-ring (bicyclic) bond motifs is 1. The number of benzene rings is 1. The fraction of sp³-hybridized carbons (Fsp3) is 0.429. The van der Waals surface area contributed by atoms with Crippen molar-refractivity contribution in [1.29, 1.82) is 0 Å². The molecule has 0 aliphatic heterocycles. The van der Waals surface area contributed by atoms with E-state index in [4.69, 9.17) is 12.2 Å². The number of halogens is 1. The lowest BCUT2D eigenvalue weighted by molar-refractivity contribution is -0.121. The molecule has 0 atom stereocenters. The number of aromatic amines is 1. The number of rotatable bonds is 5. The van der Waals surface area contributed by atoms with Gasteiger partial charge in [-0.2, -0.15) is 0 Å². The molecule has 0 aliphatic carbocycles. The number of hydrogen-bond acceptors (Lipinski definition) is 2. The second kappa shape index (κ2) is 6.71. The maximum absolute atomic E-state index is 11.8. The number of H-pyrrole nitrogens is 1. The van der Waals surface area contributed by atoms with Gasteiger partial charge in [-0.1, -0.05) is 13.8 Å². The quantitative estimate of drug-likeness (QED) is 0.594. The highest BCUT2D eigenvalue weighted by molar-refractivity contribution is 14.1. The molecular weight excluding hydrogens is 385 g/mol. The fourth-order valence-electron chi connectivity index (χ4n) is 1.98. The van der Waals surface area contributed by atoms with Gasteiger partial charge in [0, 0.05) is 23.1 Å². The smallest absolute Gasteiger partial charge is 0.221 e. The summed E-state index contributed by atoms with van der Waals surface area (Å²) in [4.78, 5) is 15.0. The van der Waals surface area contributed by atoms with E-state index in [0.29, 0.717) is 23.7 Å². The van der Waals surface area contributed by atoms with Crippen molar-refractivity contribution in [3.8, 4) is 0 Å². The Morgan fingerprint density at radius 2 is 2.25 bits per heavy atom. The highest BCUT2D eigenvalue weighted by Gasteiger charge is 2.07. The van der Waals surface area contributed by atoms with Crippen molar-refractivity contribution in [2.24, 2.45) is 5.92 Å². The van der Waals surface area contributed by atoms with Crippen LogP contribution in [0.3, 0.4) is 0 Å². The van der Waals surface area contributed by atoms with Crippen LogP contribution in [-0.4, -0.2) is 22.0 Å². The summed E-state index contributed by atoms with van der Waals surface area (Å²) in [6.45, 7) is 5.48. The number of carbonyl (C=O) groups is 1. The Morgan fingerprint density at radius 3 is 2.95 bits per heavy atom. The average molecular weight is 403 g/mol. The summed E-state index contributed by atoms with van der Waals surface area (Å²) < 4.78 is 3.81. The van der Waals surface area contributed by atoms with Gasteiger partial charge in [-0.05, 0) is 58.9 Å². The first-order valence-electron chi connectivity index (χ1n) is 6.62. The van der Waals surface area contributed by atoms with Crippen molar-refractivity contribution >= 4 is 51.7 Å². The largest absolute Gasteiger partial charge is 0.356 e. The van der Waals surface area contributed by atoms with Crippen LogP contribution in [0.2, 0.25) is 0 Å². The lowest BCUT2D eigenvalue weighted by Gasteiger charge is -2.08. The van der Waals surface area contributed by atoms with Gasteiger partial charge in [-0.15, -0.1) is 0 Å². The van der Waals surface area contributed by atoms with Gasteiger partial charge in [0.2, 0.25) is 5.91 Å². The minimum atomic E-state index is 0.0699. The number of nitrogens with zero attached hydrogens (tertiary/aromatic N) is 1.